The van der Waals surface area contributed by atoms with Gasteiger partial charge in [-0.15, -0.1) is 0 Å². The van der Waals surface area contributed by atoms with Gasteiger partial charge in [-0.3, -0.25) is 4.79 Å². The van der Waals surface area contributed by atoms with E-state index in [4.69, 9.17) is 14.0 Å². The summed E-state index contributed by atoms with van der Waals surface area (Å²) in [7, 11) is 1.62. The van der Waals surface area contributed by atoms with Gasteiger partial charge in [-0.1, -0.05) is 18.1 Å². The predicted octanol–water partition coefficient (Wildman–Crippen LogP) is 4.37. The highest BCUT2D eigenvalue weighted by Crippen LogP contribution is 2.33. The van der Waals surface area contributed by atoms with Gasteiger partial charge in [0.25, 0.3) is 0 Å². The van der Waals surface area contributed by atoms with Crippen LogP contribution in [0.15, 0.2) is 28.8 Å². The zero-order valence-corrected chi connectivity index (χ0v) is 20.2. The lowest BCUT2D eigenvalue weighted by Gasteiger charge is -2.38. The Hall–Kier alpha value is -2.80. The fraction of sp³-hybridized carbons (Fsp3) is 0.538. The first-order valence-electron chi connectivity index (χ1n) is 12.0. The Balaban J connectivity index is 1.41. The summed E-state index contributed by atoms with van der Waals surface area (Å²) in [5.41, 5.74) is 2.67. The minimum Gasteiger partial charge on any atom is -0.493 e. The Kier molecular flexibility index (Phi) is 7.38. The number of aromatic nitrogens is 1. The molecule has 1 aliphatic carbocycles. The monoisotopic (exact) mass is 453 g/mol. The van der Waals surface area contributed by atoms with E-state index in [0.717, 1.165) is 67.9 Å². The van der Waals surface area contributed by atoms with Crippen LogP contribution in [0.5, 0.6) is 11.5 Å². The van der Waals surface area contributed by atoms with Gasteiger partial charge in [-0.25, -0.2) is 0 Å². The van der Waals surface area contributed by atoms with Gasteiger partial charge in [0.05, 0.1) is 18.4 Å². The minimum atomic E-state index is 0.116. The molecule has 1 saturated heterocycles. The fourth-order valence-electron chi connectivity index (χ4n) is 4.54. The zero-order chi connectivity index (χ0) is 23.4. The first-order chi connectivity index (χ1) is 16.0. The molecule has 2 heterocycles. The highest BCUT2D eigenvalue weighted by molar-refractivity contribution is 5.92. The van der Waals surface area contributed by atoms with Gasteiger partial charge < -0.3 is 23.8 Å². The van der Waals surface area contributed by atoms with Crippen LogP contribution in [0, 0.1) is 13.8 Å². The van der Waals surface area contributed by atoms with Crippen LogP contribution >= 0.6 is 0 Å². The van der Waals surface area contributed by atoms with Crippen molar-refractivity contribution < 1.29 is 18.8 Å². The smallest absolute Gasteiger partial charge is 0.247 e. The van der Waals surface area contributed by atoms with Crippen LogP contribution in [0.25, 0.3) is 6.08 Å². The normalized spacial score (nSPS) is 17.5. The van der Waals surface area contributed by atoms with Crippen molar-refractivity contribution in [2.24, 2.45) is 0 Å². The number of hydrogen-bond acceptors (Lipinski definition) is 6. The number of rotatable bonds is 9. The van der Waals surface area contributed by atoms with E-state index in [-0.39, 0.29) is 5.91 Å². The molecule has 2 aliphatic rings. The molecule has 0 N–H and O–H groups in total. The predicted molar refractivity (Wildman–Crippen MR) is 127 cm³/mol. The lowest BCUT2D eigenvalue weighted by atomic mass is 10.0. The van der Waals surface area contributed by atoms with Crippen LogP contribution in [0.2, 0.25) is 0 Å². The highest BCUT2D eigenvalue weighted by Gasteiger charge is 2.37. The molecule has 178 valence electrons. The molecule has 0 spiro atoms. The third-order valence-electron chi connectivity index (χ3n) is 6.75. The van der Waals surface area contributed by atoms with Gasteiger partial charge in [0.2, 0.25) is 5.91 Å². The molecule has 33 heavy (non-hydrogen) atoms. The fourth-order valence-corrected chi connectivity index (χ4v) is 4.54. The Morgan fingerprint density at radius 2 is 1.91 bits per heavy atom. The number of amides is 1. The second-order valence-electron chi connectivity index (χ2n) is 8.98. The molecule has 1 aliphatic heterocycles. The second-order valence-corrected chi connectivity index (χ2v) is 8.98. The van der Waals surface area contributed by atoms with Crippen molar-refractivity contribution >= 4 is 12.0 Å². The summed E-state index contributed by atoms with van der Waals surface area (Å²) in [4.78, 5) is 17.7. The number of benzene rings is 1. The van der Waals surface area contributed by atoms with Crippen molar-refractivity contribution in [2.45, 2.75) is 65.1 Å². The van der Waals surface area contributed by atoms with Crippen LogP contribution in [0.1, 0.15) is 55.2 Å². The molecule has 1 amide bonds. The molecule has 1 aromatic carbocycles. The molecule has 1 aromatic heterocycles. The summed E-state index contributed by atoms with van der Waals surface area (Å²) in [5, 5.41) is 3.96. The Morgan fingerprint density at radius 3 is 2.52 bits per heavy atom. The van der Waals surface area contributed by atoms with Gasteiger partial charge in [-0.05, 0) is 69.8 Å². The van der Waals surface area contributed by atoms with E-state index in [9.17, 15) is 4.79 Å². The maximum atomic E-state index is 13.1. The molecule has 2 aromatic rings. The molecule has 0 unspecified atom stereocenters. The van der Waals surface area contributed by atoms with Crippen LogP contribution in [0.3, 0.4) is 0 Å². The first kappa shape index (κ1) is 23.4. The highest BCUT2D eigenvalue weighted by atomic mass is 16.5. The third kappa shape index (κ3) is 5.58. The van der Waals surface area contributed by atoms with Crippen molar-refractivity contribution in [3.8, 4) is 11.5 Å². The van der Waals surface area contributed by atoms with Crippen molar-refractivity contribution in [1.82, 2.24) is 15.0 Å². The van der Waals surface area contributed by atoms with E-state index in [1.54, 1.807) is 13.2 Å². The number of carbonyl (C=O) groups is 1. The molecule has 1 saturated carbocycles. The molecule has 7 nitrogen and oxygen atoms in total. The molecule has 0 bridgehead atoms. The van der Waals surface area contributed by atoms with Crippen molar-refractivity contribution in [2.75, 3.05) is 26.7 Å². The Labute approximate surface area is 196 Å². The topological polar surface area (TPSA) is 68.0 Å². The largest absolute Gasteiger partial charge is 0.493 e. The van der Waals surface area contributed by atoms with E-state index < -0.39 is 0 Å². The summed E-state index contributed by atoms with van der Waals surface area (Å²) in [6.07, 6.45) is 7.96. The van der Waals surface area contributed by atoms with Gasteiger partial charge in [0.1, 0.15) is 12.4 Å². The standard InChI is InChI=1S/C26H35N3O4/c1-5-28-14-12-22(13-15-28)29(21-8-9-21)26(30)11-7-20-6-10-24(25(16-20)31-4)32-17-23-18(2)27-33-19(23)3/h6-7,10-11,16,21-22H,5,8-9,12-15,17H2,1-4H3/b11-7+. The average Bonchev–Trinajstić information content (AvgIpc) is 3.62. The van der Waals surface area contributed by atoms with E-state index in [0.29, 0.717) is 30.2 Å². The number of likely N-dealkylation sites (tertiary alicyclic amines) is 1. The summed E-state index contributed by atoms with van der Waals surface area (Å²) in [5.74, 6) is 2.14. The van der Waals surface area contributed by atoms with E-state index >= 15 is 0 Å². The third-order valence-corrected chi connectivity index (χ3v) is 6.75. The molecule has 0 radical (unpaired) electrons. The Morgan fingerprint density at radius 1 is 1.18 bits per heavy atom. The van der Waals surface area contributed by atoms with Gasteiger partial charge in [0, 0.05) is 31.2 Å². The van der Waals surface area contributed by atoms with Crippen LogP contribution < -0.4 is 9.47 Å². The average molecular weight is 454 g/mol. The van der Waals surface area contributed by atoms with Gasteiger partial charge in [0.15, 0.2) is 11.5 Å². The number of piperidine rings is 1. The first-order valence-corrected chi connectivity index (χ1v) is 12.0. The zero-order valence-electron chi connectivity index (χ0n) is 20.2. The van der Waals surface area contributed by atoms with Crippen molar-refractivity contribution in [1.29, 1.82) is 0 Å². The number of aryl methyl sites for hydroxylation is 2. The molecule has 4 rings (SSSR count). The van der Waals surface area contributed by atoms with Crippen LogP contribution in [-0.4, -0.2) is 59.7 Å². The maximum absolute atomic E-state index is 13.1. The maximum Gasteiger partial charge on any atom is 0.247 e. The lowest BCUT2D eigenvalue weighted by Crippen LogP contribution is -2.47. The minimum absolute atomic E-state index is 0.116. The van der Waals surface area contributed by atoms with Crippen molar-refractivity contribution in [3.63, 3.8) is 0 Å². The Bertz CT molecular complexity index is 968. The van der Waals surface area contributed by atoms with E-state index in [1.807, 2.05) is 38.1 Å². The van der Waals surface area contributed by atoms with E-state index in [2.05, 4.69) is 21.9 Å². The number of hydrogen-bond donors (Lipinski definition) is 0. The number of ether oxygens (including phenoxy) is 2. The van der Waals surface area contributed by atoms with Gasteiger partial charge >= 0.3 is 0 Å². The van der Waals surface area contributed by atoms with Crippen LogP contribution in [0.4, 0.5) is 0 Å². The SMILES string of the molecule is CCN1CCC(N(C(=O)/C=C/c2ccc(OCc3c(C)noc3C)c(OC)c2)C2CC2)CC1. The summed E-state index contributed by atoms with van der Waals surface area (Å²) < 4.78 is 16.7. The quantitative estimate of drug-likeness (QED) is 0.526. The molecule has 0 atom stereocenters. The lowest BCUT2D eigenvalue weighted by molar-refractivity contribution is -0.129. The molecular weight excluding hydrogens is 418 g/mol. The molecule has 7 heteroatoms. The second kappa shape index (κ2) is 10.4. The number of carbonyl (C=O) groups excluding carboxylic acids is 1. The van der Waals surface area contributed by atoms with E-state index in [1.165, 1.54) is 0 Å². The van der Waals surface area contributed by atoms with Crippen molar-refractivity contribution in [3.05, 3.63) is 46.9 Å². The summed E-state index contributed by atoms with van der Waals surface area (Å²) in [6, 6.07) is 6.48. The molecule has 2 fully saturated rings. The summed E-state index contributed by atoms with van der Waals surface area (Å²) in [6.45, 7) is 9.58. The number of methoxy groups -OCH3 is 1. The van der Waals surface area contributed by atoms with Gasteiger partial charge in [-0.2, -0.15) is 0 Å². The number of nitrogens with zero attached hydrogens (tertiary/aromatic N) is 3. The van der Waals surface area contributed by atoms with Crippen LogP contribution in [-0.2, 0) is 11.4 Å². The summed E-state index contributed by atoms with van der Waals surface area (Å²) >= 11 is 0. The molecular formula is C26H35N3O4.